The minimum Gasteiger partial charge on any atom is -0.330 e. The van der Waals surface area contributed by atoms with Crippen LogP contribution in [0.25, 0.3) is 11.3 Å². The molecule has 0 spiro atoms. The number of sulfonamides is 1. The minimum absolute atomic E-state index is 0.140. The summed E-state index contributed by atoms with van der Waals surface area (Å²) in [6.07, 6.45) is 7.03. The van der Waals surface area contributed by atoms with Crippen LogP contribution in [0.3, 0.4) is 0 Å². The Kier molecular flexibility index (Phi) is 5.11. The molecule has 0 radical (unpaired) electrons. The van der Waals surface area contributed by atoms with Crippen LogP contribution >= 0.6 is 11.3 Å². The van der Waals surface area contributed by atoms with Gasteiger partial charge in [0.05, 0.1) is 5.01 Å². The summed E-state index contributed by atoms with van der Waals surface area (Å²) in [5.74, 6) is 2.14. The third kappa shape index (κ3) is 4.19. The van der Waals surface area contributed by atoms with Crippen LogP contribution in [0.2, 0.25) is 0 Å². The number of nitrogens with two attached hydrogens (primary N) is 1. The van der Waals surface area contributed by atoms with Crippen LogP contribution < -0.4 is 5.14 Å². The van der Waals surface area contributed by atoms with Gasteiger partial charge in [0.1, 0.15) is 11.5 Å². The zero-order chi connectivity index (χ0) is 19.9. The van der Waals surface area contributed by atoms with E-state index in [9.17, 15) is 8.42 Å². The van der Waals surface area contributed by atoms with Crippen LogP contribution in [-0.4, -0.2) is 23.0 Å². The standard InChI is InChI=1S/C20H24N4O2S2/c1-13(2)11-17-23-18(20(27-17)28(21,25)26)15-5-3-14(4-6-15)12-24-10-9-22-19(24)16-7-8-16/h3-6,9-10,13,16H,7-8,11-12H2,1-2H3,(H2,21,25,26). The van der Waals surface area contributed by atoms with Gasteiger partial charge in [-0.3, -0.25) is 0 Å². The van der Waals surface area contributed by atoms with Crippen LogP contribution in [-0.2, 0) is 23.0 Å². The number of aromatic nitrogens is 3. The largest absolute Gasteiger partial charge is 0.330 e. The van der Waals surface area contributed by atoms with E-state index in [4.69, 9.17) is 5.14 Å². The highest BCUT2D eigenvalue weighted by Gasteiger charge is 2.28. The lowest BCUT2D eigenvalue weighted by Crippen LogP contribution is -2.11. The van der Waals surface area contributed by atoms with Gasteiger partial charge in [-0.1, -0.05) is 38.1 Å². The molecule has 0 bridgehead atoms. The van der Waals surface area contributed by atoms with Crippen LogP contribution in [0.5, 0.6) is 0 Å². The molecule has 2 N–H and O–H groups in total. The normalized spacial score (nSPS) is 14.7. The monoisotopic (exact) mass is 416 g/mol. The van der Waals surface area contributed by atoms with Gasteiger partial charge in [0.15, 0.2) is 4.21 Å². The van der Waals surface area contributed by atoms with Crippen molar-refractivity contribution < 1.29 is 8.42 Å². The molecule has 0 atom stereocenters. The number of rotatable bonds is 7. The van der Waals surface area contributed by atoms with E-state index in [2.05, 4.69) is 28.4 Å². The summed E-state index contributed by atoms with van der Waals surface area (Å²) in [7, 11) is -3.81. The smallest absolute Gasteiger partial charge is 0.249 e. The SMILES string of the molecule is CC(C)Cc1nc(-c2ccc(Cn3ccnc3C3CC3)cc2)c(S(N)(=O)=O)s1. The molecule has 28 heavy (non-hydrogen) atoms. The second kappa shape index (κ2) is 7.42. The molecular weight excluding hydrogens is 392 g/mol. The zero-order valence-corrected chi connectivity index (χ0v) is 17.6. The van der Waals surface area contributed by atoms with Crippen molar-refractivity contribution in [2.24, 2.45) is 11.1 Å². The van der Waals surface area contributed by atoms with Gasteiger partial charge in [0, 0.05) is 36.8 Å². The zero-order valence-electron chi connectivity index (χ0n) is 16.0. The van der Waals surface area contributed by atoms with E-state index >= 15 is 0 Å². The van der Waals surface area contributed by atoms with Gasteiger partial charge >= 0.3 is 0 Å². The summed E-state index contributed by atoms with van der Waals surface area (Å²) in [6.45, 7) is 4.92. The number of benzene rings is 1. The minimum atomic E-state index is -3.81. The Morgan fingerprint density at radius 2 is 1.96 bits per heavy atom. The van der Waals surface area contributed by atoms with E-state index in [1.807, 2.05) is 36.7 Å². The molecule has 0 aliphatic heterocycles. The molecule has 6 nitrogen and oxygen atoms in total. The maximum atomic E-state index is 12.0. The lowest BCUT2D eigenvalue weighted by Gasteiger charge is -2.08. The first kappa shape index (κ1) is 19.3. The predicted molar refractivity (Wildman–Crippen MR) is 111 cm³/mol. The summed E-state index contributed by atoms with van der Waals surface area (Å²) in [4.78, 5) is 9.06. The fourth-order valence-electron chi connectivity index (χ4n) is 3.28. The van der Waals surface area contributed by atoms with Gasteiger partial charge < -0.3 is 4.57 Å². The van der Waals surface area contributed by atoms with E-state index in [0.717, 1.165) is 34.9 Å². The van der Waals surface area contributed by atoms with Crippen LogP contribution in [0.1, 0.15) is 49.0 Å². The van der Waals surface area contributed by atoms with Crippen molar-refractivity contribution in [2.75, 3.05) is 0 Å². The molecule has 148 valence electrons. The van der Waals surface area contributed by atoms with Crippen molar-refractivity contribution in [2.45, 2.75) is 49.8 Å². The number of nitrogens with zero attached hydrogens (tertiary/aromatic N) is 3. The summed E-state index contributed by atoms with van der Waals surface area (Å²) in [5, 5.41) is 6.24. The van der Waals surface area contributed by atoms with Crippen molar-refractivity contribution in [1.29, 1.82) is 0 Å². The van der Waals surface area contributed by atoms with Crippen LogP contribution in [0.15, 0.2) is 40.9 Å². The third-order valence-electron chi connectivity index (χ3n) is 4.75. The van der Waals surface area contributed by atoms with Gasteiger partial charge in [-0.25, -0.2) is 23.5 Å². The van der Waals surface area contributed by atoms with E-state index in [0.29, 0.717) is 17.5 Å². The van der Waals surface area contributed by atoms with Crippen molar-refractivity contribution >= 4 is 21.4 Å². The van der Waals surface area contributed by atoms with E-state index < -0.39 is 10.0 Å². The molecule has 0 saturated heterocycles. The Bertz CT molecular complexity index is 1080. The number of primary sulfonamides is 1. The number of thiazole rings is 1. The molecule has 2 aromatic heterocycles. The maximum absolute atomic E-state index is 12.0. The first-order valence-corrected chi connectivity index (χ1v) is 11.8. The van der Waals surface area contributed by atoms with Crippen molar-refractivity contribution in [3.05, 3.63) is 53.1 Å². The molecule has 2 heterocycles. The topological polar surface area (TPSA) is 90.9 Å². The highest BCUT2D eigenvalue weighted by molar-refractivity contribution is 7.91. The van der Waals surface area contributed by atoms with Crippen LogP contribution in [0, 0.1) is 5.92 Å². The molecule has 0 amide bonds. The first-order chi connectivity index (χ1) is 13.3. The number of hydrogen-bond donors (Lipinski definition) is 1. The Labute approximate surface area is 169 Å². The predicted octanol–water partition coefficient (Wildman–Crippen LogP) is 3.78. The lowest BCUT2D eigenvalue weighted by atomic mass is 10.1. The summed E-state index contributed by atoms with van der Waals surface area (Å²) >= 11 is 1.17. The number of imidazole rings is 1. The quantitative estimate of drug-likeness (QED) is 0.634. The second-order valence-corrected chi connectivity index (χ2v) is 10.6. The third-order valence-corrected chi connectivity index (χ3v) is 7.28. The fraction of sp³-hybridized carbons (Fsp3) is 0.400. The Morgan fingerprint density at radius 3 is 2.57 bits per heavy atom. The molecule has 1 aromatic carbocycles. The van der Waals surface area contributed by atoms with Crippen molar-refractivity contribution in [3.8, 4) is 11.3 Å². The van der Waals surface area contributed by atoms with Gasteiger partial charge in [0.2, 0.25) is 10.0 Å². The fourth-order valence-corrected chi connectivity index (χ4v) is 5.49. The molecule has 3 aromatic rings. The molecule has 1 aliphatic carbocycles. The van der Waals surface area contributed by atoms with Gasteiger partial charge in [-0.15, -0.1) is 11.3 Å². The maximum Gasteiger partial charge on any atom is 0.249 e. The van der Waals surface area contributed by atoms with Crippen molar-refractivity contribution in [1.82, 2.24) is 14.5 Å². The van der Waals surface area contributed by atoms with Gasteiger partial charge in [0.25, 0.3) is 0 Å². The average Bonchev–Trinajstić information content (AvgIpc) is 3.20. The van der Waals surface area contributed by atoms with E-state index in [1.54, 1.807) is 0 Å². The highest BCUT2D eigenvalue weighted by atomic mass is 32.2. The summed E-state index contributed by atoms with van der Waals surface area (Å²) < 4.78 is 26.4. The molecule has 1 aliphatic rings. The summed E-state index contributed by atoms with van der Waals surface area (Å²) in [6, 6.07) is 7.87. The van der Waals surface area contributed by atoms with E-state index in [-0.39, 0.29) is 4.21 Å². The van der Waals surface area contributed by atoms with Crippen molar-refractivity contribution in [3.63, 3.8) is 0 Å². The van der Waals surface area contributed by atoms with E-state index in [1.165, 1.54) is 24.2 Å². The Balaban J connectivity index is 1.61. The number of hydrogen-bond acceptors (Lipinski definition) is 5. The molecule has 0 unspecified atom stereocenters. The Morgan fingerprint density at radius 1 is 1.25 bits per heavy atom. The average molecular weight is 417 g/mol. The molecule has 4 rings (SSSR count). The lowest BCUT2D eigenvalue weighted by molar-refractivity contribution is 0.600. The molecule has 1 saturated carbocycles. The highest BCUT2D eigenvalue weighted by Crippen LogP contribution is 2.39. The first-order valence-electron chi connectivity index (χ1n) is 9.44. The molecule has 1 fully saturated rings. The van der Waals surface area contributed by atoms with Gasteiger partial charge in [-0.2, -0.15) is 0 Å². The second-order valence-electron chi connectivity index (χ2n) is 7.77. The molecule has 8 heteroatoms. The Hall–Kier alpha value is -2.03. The van der Waals surface area contributed by atoms with Gasteiger partial charge in [-0.05, 0) is 24.3 Å². The van der Waals surface area contributed by atoms with Crippen LogP contribution in [0.4, 0.5) is 0 Å². The summed E-state index contributed by atoms with van der Waals surface area (Å²) in [5.41, 5.74) is 2.36. The molecular formula is C20H24N4O2S2.